The van der Waals surface area contributed by atoms with Gasteiger partial charge in [-0.25, -0.2) is 0 Å². The smallest absolute Gasteiger partial charge is 0.257 e. The number of halogens is 1. The number of methoxy groups -OCH3 is 1. The number of amides is 2. The fraction of sp³-hybridized carbons (Fsp3) is 0.300. The van der Waals surface area contributed by atoms with E-state index in [1.54, 1.807) is 49.6 Å². The number of anilines is 2. The van der Waals surface area contributed by atoms with E-state index in [2.05, 4.69) is 16.0 Å². The zero-order chi connectivity index (χ0) is 18.4. The van der Waals surface area contributed by atoms with Crippen molar-refractivity contribution in [2.75, 3.05) is 30.8 Å². The third-order valence-corrected chi connectivity index (χ3v) is 4.42. The topological polar surface area (TPSA) is 79.5 Å². The van der Waals surface area contributed by atoms with Crippen molar-refractivity contribution in [3.05, 3.63) is 54.1 Å². The predicted molar refractivity (Wildman–Crippen MR) is 109 cm³/mol. The molecule has 0 bridgehead atoms. The molecule has 2 aromatic rings. The molecule has 1 atom stereocenters. The molecule has 0 aliphatic carbocycles. The molecule has 0 saturated carbocycles. The molecule has 1 saturated heterocycles. The van der Waals surface area contributed by atoms with Gasteiger partial charge in [-0.3, -0.25) is 9.59 Å². The first-order chi connectivity index (χ1) is 12.7. The van der Waals surface area contributed by atoms with Gasteiger partial charge in [-0.15, -0.1) is 12.4 Å². The summed E-state index contributed by atoms with van der Waals surface area (Å²) in [5, 5.41) is 8.98. The summed E-state index contributed by atoms with van der Waals surface area (Å²) >= 11 is 0. The summed E-state index contributed by atoms with van der Waals surface area (Å²) in [4.78, 5) is 25.2. The van der Waals surface area contributed by atoms with Crippen molar-refractivity contribution in [1.82, 2.24) is 5.32 Å². The molecular formula is C20H24ClN3O3. The van der Waals surface area contributed by atoms with Crippen molar-refractivity contribution in [3.8, 4) is 5.75 Å². The molecule has 144 valence electrons. The molecule has 0 spiro atoms. The van der Waals surface area contributed by atoms with Gasteiger partial charge in [0.25, 0.3) is 5.91 Å². The number of benzene rings is 2. The fourth-order valence-corrected chi connectivity index (χ4v) is 3.00. The van der Waals surface area contributed by atoms with Crippen LogP contribution in [0.25, 0.3) is 0 Å². The van der Waals surface area contributed by atoms with Crippen LogP contribution in [0.1, 0.15) is 23.2 Å². The maximum Gasteiger partial charge on any atom is 0.257 e. The van der Waals surface area contributed by atoms with Gasteiger partial charge in [-0.1, -0.05) is 18.2 Å². The van der Waals surface area contributed by atoms with Crippen LogP contribution in [0.4, 0.5) is 11.4 Å². The van der Waals surface area contributed by atoms with Crippen LogP contribution in [0.15, 0.2) is 48.5 Å². The van der Waals surface area contributed by atoms with Gasteiger partial charge in [0.05, 0.1) is 24.3 Å². The molecule has 2 amide bonds. The number of carbonyl (C=O) groups excluding carboxylic acids is 2. The van der Waals surface area contributed by atoms with Gasteiger partial charge in [0, 0.05) is 18.3 Å². The maximum atomic E-state index is 12.7. The number of rotatable bonds is 5. The molecule has 0 radical (unpaired) electrons. The quantitative estimate of drug-likeness (QED) is 0.733. The highest BCUT2D eigenvalue weighted by molar-refractivity contribution is 6.10. The third kappa shape index (κ3) is 5.45. The Labute approximate surface area is 165 Å². The molecule has 3 N–H and O–H groups in total. The van der Waals surface area contributed by atoms with Crippen LogP contribution in [0.2, 0.25) is 0 Å². The minimum absolute atomic E-state index is 0. The lowest BCUT2D eigenvalue weighted by Gasteiger charge is -2.22. The number of hydrogen-bond acceptors (Lipinski definition) is 4. The number of para-hydroxylation sites is 1. The molecular weight excluding hydrogens is 366 g/mol. The molecule has 1 unspecified atom stereocenters. The second-order valence-electron chi connectivity index (χ2n) is 6.26. The number of hydrogen-bond donors (Lipinski definition) is 3. The van der Waals surface area contributed by atoms with Gasteiger partial charge in [-0.2, -0.15) is 0 Å². The Hall–Kier alpha value is -2.57. The lowest BCUT2D eigenvalue weighted by molar-refractivity contribution is -0.120. The van der Waals surface area contributed by atoms with Crippen LogP contribution >= 0.6 is 12.4 Å². The fourth-order valence-electron chi connectivity index (χ4n) is 3.00. The van der Waals surface area contributed by atoms with E-state index in [1.165, 1.54) is 0 Å². The normalized spacial score (nSPS) is 16.0. The summed E-state index contributed by atoms with van der Waals surface area (Å²) in [6.45, 7) is 1.62. The number of piperidine rings is 1. The molecule has 3 rings (SSSR count). The van der Waals surface area contributed by atoms with Crippen molar-refractivity contribution in [3.63, 3.8) is 0 Å². The zero-order valence-electron chi connectivity index (χ0n) is 15.2. The van der Waals surface area contributed by atoms with Crippen LogP contribution in [-0.4, -0.2) is 32.0 Å². The Kier molecular flexibility index (Phi) is 7.64. The highest BCUT2D eigenvalue weighted by Crippen LogP contribution is 2.21. The second-order valence-corrected chi connectivity index (χ2v) is 6.26. The number of nitrogens with one attached hydrogen (secondary N) is 3. The van der Waals surface area contributed by atoms with Gasteiger partial charge in [0.2, 0.25) is 5.91 Å². The predicted octanol–water partition coefficient (Wildman–Crippen LogP) is 3.31. The van der Waals surface area contributed by atoms with Crippen LogP contribution in [0.5, 0.6) is 5.75 Å². The first kappa shape index (κ1) is 20.7. The van der Waals surface area contributed by atoms with Crippen molar-refractivity contribution in [1.29, 1.82) is 0 Å². The molecule has 1 heterocycles. The molecule has 6 nitrogen and oxygen atoms in total. The van der Waals surface area contributed by atoms with E-state index in [1.807, 2.05) is 6.07 Å². The van der Waals surface area contributed by atoms with E-state index in [0.29, 0.717) is 29.2 Å². The van der Waals surface area contributed by atoms with Crippen molar-refractivity contribution in [2.24, 2.45) is 5.92 Å². The number of ether oxygens (including phenoxy) is 1. The van der Waals surface area contributed by atoms with E-state index in [-0.39, 0.29) is 30.1 Å². The Morgan fingerprint density at radius 2 is 1.93 bits per heavy atom. The summed E-state index contributed by atoms with van der Waals surface area (Å²) in [5.74, 6) is 0.252. The highest BCUT2D eigenvalue weighted by Gasteiger charge is 2.22. The molecule has 1 aliphatic rings. The van der Waals surface area contributed by atoms with Crippen molar-refractivity contribution in [2.45, 2.75) is 12.8 Å². The van der Waals surface area contributed by atoms with Gasteiger partial charge in [0.15, 0.2) is 0 Å². The maximum absolute atomic E-state index is 12.7. The van der Waals surface area contributed by atoms with Crippen LogP contribution in [-0.2, 0) is 4.79 Å². The molecule has 27 heavy (non-hydrogen) atoms. The van der Waals surface area contributed by atoms with Crippen molar-refractivity contribution >= 4 is 35.6 Å². The second kappa shape index (κ2) is 9.94. The largest absolute Gasteiger partial charge is 0.497 e. The molecule has 1 fully saturated rings. The van der Waals surface area contributed by atoms with E-state index in [4.69, 9.17) is 4.74 Å². The minimum Gasteiger partial charge on any atom is -0.497 e. The Balaban J connectivity index is 0.00000261. The molecule has 1 aliphatic heterocycles. The first-order valence-corrected chi connectivity index (χ1v) is 8.73. The minimum atomic E-state index is -0.282. The average Bonchev–Trinajstić information content (AvgIpc) is 2.69. The van der Waals surface area contributed by atoms with E-state index in [0.717, 1.165) is 19.4 Å². The van der Waals surface area contributed by atoms with E-state index < -0.39 is 0 Å². The van der Waals surface area contributed by atoms with Gasteiger partial charge in [-0.05, 0) is 43.7 Å². The van der Waals surface area contributed by atoms with Crippen LogP contribution in [0.3, 0.4) is 0 Å². The summed E-state index contributed by atoms with van der Waals surface area (Å²) in [6, 6.07) is 14.2. The molecule has 7 heteroatoms. The van der Waals surface area contributed by atoms with Crippen LogP contribution in [0, 0.1) is 5.92 Å². The first-order valence-electron chi connectivity index (χ1n) is 8.73. The highest BCUT2D eigenvalue weighted by atomic mass is 35.5. The van der Waals surface area contributed by atoms with Gasteiger partial charge >= 0.3 is 0 Å². The van der Waals surface area contributed by atoms with Gasteiger partial charge in [0.1, 0.15) is 5.75 Å². The van der Waals surface area contributed by atoms with Gasteiger partial charge < -0.3 is 20.7 Å². The Morgan fingerprint density at radius 3 is 2.67 bits per heavy atom. The summed E-state index contributed by atoms with van der Waals surface area (Å²) in [6.07, 6.45) is 1.84. The van der Waals surface area contributed by atoms with E-state index in [9.17, 15) is 9.59 Å². The lowest BCUT2D eigenvalue weighted by atomic mass is 9.98. The summed E-state index contributed by atoms with van der Waals surface area (Å²) in [7, 11) is 1.58. The monoisotopic (exact) mass is 389 g/mol. The summed E-state index contributed by atoms with van der Waals surface area (Å²) < 4.78 is 5.17. The zero-order valence-corrected chi connectivity index (χ0v) is 16.0. The third-order valence-electron chi connectivity index (χ3n) is 4.42. The van der Waals surface area contributed by atoms with Crippen LogP contribution < -0.4 is 20.7 Å². The Morgan fingerprint density at radius 1 is 1.11 bits per heavy atom. The molecule has 2 aromatic carbocycles. The molecule has 0 aromatic heterocycles. The standard InChI is InChI=1S/C20H23N3O3.ClH/c1-26-16-8-4-7-15(12-16)22-20(25)17-9-2-3-10-18(17)23-19(24)14-6-5-11-21-13-14;/h2-4,7-10,12,14,21H,5-6,11,13H2,1H3,(H,22,25)(H,23,24);1H. The van der Waals surface area contributed by atoms with Crippen molar-refractivity contribution < 1.29 is 14.3 Å². The summed E-state index contributed by atoms with van der Waals surface area (Å²) in [5.41, 5.74) is 1.57. The average molecular weight is 390 g/mol. The number of carbonyl (C=O) groups is 2. The Bertz CT molecular complexity index is 792. The SMILES string of the molecule is COc1cccc(NC(=O)c2ccccc2NC(=O)C2CCCNC2)c1.Cl. The van der Waals surface area contributed by atoms with E-state index >= 15 is 0 Å². The lowest BCUT2D eigenvalue weighted by Crippen LogP contribution is -2.37.